The van der Waals surface area contributed by atoms with Crippen molar-refractivity contribution in [2.75, 3.05) is 32.7 Å². The fourth-order valence-electron chi connectivity index (χ4n) is 2.53. The van der Waals surface area contributed by atoms with E-state index in [-0.39, 0.29) is 13.1 Å². The molecule has 1 N–H and O–H groups in total. The second kappa shape index (κ2) is 6.19. The Labute approximate surface area is 129 Å². The Morgan fingerprint density at radius 1 is 1.14 bits per heavy atom. The first-order chi connectivity index (χ1) is 10.1. The molecular weight excluding hydrogens is 314 g/mol. The van der Waals surface area contributed by atoms with Crippen molar-refractivity contribution in [1.29, 1.82) is 0 Å². The summed E-state index contributed by atoms with van der Waals surface area (Å²) in [5, 5.41) is 9.77. The first kappa shape index (κ1) is 17.3. The number of aliphatic hydroxyl groups is 1. The molecule has 0 bridgehead atoms. The molecule has 1 fully saturated rings. The molecule has 22 heavy (non-hydrogen) atoms. The van der Waals surface area contributed by atoms with Gasteiger partial charge in [0.15, 0.2) is 4.90 Å². The Kier molecular flexibility index (Phi) is 4.86. The number of nitrogens with zero attached hydrogens (tertiary/aromatic N) is 2. The van der Waals surface area contributed by atoms with Gasteiger partial charge in [0.1, 0.15) is 11.6 Å². The summed E-state index contributed by atoms with van der Waals surface area (Å²) in [5.74, 6) is -2.17. The second-order valence-electron chi connectivity index (χ2n) is 6.04. The Hall–Kier alpha value is -1.09. The average Bonchev–Trinajstić information content (AvgIpc) is 2.36. The highest BCUT2D eigenvalue weighted by Gasteiger charge is 2.33. The maximum absolute atomic E-state index is 13.7. The summed E-state index contributed by atoms with van der Waals surface area (Å²) in [4.78, 5) is 1.02. The molecule has 2 rings (SSSR count). The lowest BCUT2D eigenvalue weighted by Crippen LogP contribution is -2.52. The molecular formula is C14H20F2N2O3S. The predicted molar refractivity (Wildman–Crippen MR) is 77.9 cm³/mol. The highest BCUT2D eigenvalue weighted by Crippen LogP contribution is 2.23. The number of sulfonamides is 1. The van der Waals surface area contributed by atoms with Gasteiger partial charge in [-0.3, -0.25) is 4.90 Å². The number of rotatable bonds is 4. The van der Waals surface area contributed by atoms with Crippen LogP contribution in [0.25, 0.3) is 0 Å². The third kappa shape index (κ3) is 3.81. The molecule has 0 unspecified atom stereocenters. The third-order valence-electron chi connectivity index (χ3n) is 3.46. The van der Waals surface area contributed by atoms with Crippen LogP contribution < -0.4 is 0 Å². The lowest BCUT2D eigenvalue weighted by molar-refractivity contribution is 0.0263. The maximum atomic E-state index is 13.7. The molecule has 1 aromatic carbocycles. The van der Waals surface area contributed by atoms with Gasteiger partial charge in [0, 0.05) is 32.7 Å². The van der Waals surface area contributed by atoms with E-state index in [0.29, 0.717) is 19.6 Å². The Morgan fingerprint density at radius 2 is 1.64 bits per heavy atom. The summed E-state index contributed by atoms with van der Waals surface area (Å²) in [6, 6.07) is 2.99. The van der Waals surface area contributed by atoms with Gasteiger partial charge in [-0.2, -0.15) is 4.31 Å². The Balaban J connectivity index is 2.14. The number of β-amino-alcohol motifs (C(OH)–C–C–N with tert-alkyl or cyclic N) is 1. The van der Waals surface area contributed by atoms with Gasteiger partial charge in [-0.15, -0.1) is 0 Å². The molecule has 0 atom stereocenters. The number of benzene rings is 1. The maximum Gasteiger partial charge on any atom is 0.249 e. The van der Waals surface area contributed by atoms with E-state index in [1.807, 2.05) is 4.90 Å². The fourth-order valence-corrected chi connectivity index (χ4v) is 4.06. The zero-order valence-corrected chi connectivity index (χ0v) is 13.4. The summed E-state index contributed by atoms with van der Waals surface area (Å²) in [5.41, 5.74) is -0.876. The standard InChI is InChI=1S/C14H20F2N2O3S/c1-14(2,19)10-17-6-8-18(9-7-17)22(20,21)13-11(15)4-3-5-12(13)16/h3-5,19H,6-10H2,1-2H3. The summed E-state index contributed by atoms with van der Waals surface area (Å²) in [7, 11) is -4.20. The van der Waals surface area contributed by atoms with Crippen molar-refractivity contribution in [2.24, 2.45) is 0 Å². The van der Waals surface area contributed by atoms with Crippen LogP contribution >= 0.6 is 0 Å². The normalized spacial score (nSPS) is 18.6. The minimum Gasteiger partial charge on any atom is -0.389 e. The molecule has 1 saturated heterocycles. The molecule has 0 aliphatic carbocycles. The van der Waals surface area contributed by atoms with E-state index in [1.165, 1.54) is 0 Å². The van der Waals surface area contributed by atoms with Crippen molar-refractivity contribution >= 4 is 10.0 Å². The number of hydrogen-bond donors (Lipinski definition) is 1. The predicted octanol–water partition coefficient (Wildman–Crippen LogP) is 1.04. The van der Waals surface area contributed by atoms with Crippen molar-refractivity contribution in [3.8, 4) is 0 Å². The topological polar surface area (TPSA) is 60.9 Å². The van der Waals surface area contributed by atoms with Crippen LogP contribution in [0.2, 0.25) is 0 Å². The van der Waals surface area contributed by atoms with Crippen molar-refractivity contribution in [3.05, 3.63) is 29.8 Å². The van der Waals surface area contributed by atoms with E-state index in [0.717, 1.165) is 22.5 Å². The second-order valence-corrected chi connectivity index (χ2v) is 7.92. The highest BCUT2D eigenvalue weighted by atomic mass is 32.2. The van der Waals surface area contributed by atoms with Gasteiger partial charge in [0.2, 0.25) is 10.0 Å². The van der Waals surface area contributed by atoms with Crippen molar-refractivity contribution in [2.45, 2.75) is 24.3 Å². The van der Waals surface area contributed by atoms with Crippen LogP contribution in [0.5, 0.6) is 0 Å². The number of hydrogen-bond acceptors (Lipinski definition) is 4. The van der Waals surface area contributed by atoms with Gasteiger partial charge in [0.05, 0.1) is 5.60 Å². The van der Waals surface area contributed by atoms with E-state index >= 15 is 0 Å². The molecule has 1 aliphatic rings. The van der Waals surface area contributed by atoms with Crippen molar-refractivity contribution < 1.29 is 22.3 Å². The minimum absolute atomic E-state index is 0.131. The van der Waals surface area contributed by atoms with Crippen LogP contribution in [0.3, 0.4) is 0 Å². The molecule has 124 valence electrons. The smallest absolute Gasteiger partial charge is 0.249 e. The first-order valence-electron chi connectivity index (χ1n) is 7.00. The molecule has 8 heteroatoms. The minimum atomic E-state index is -4.20. The molecule has 5 nitrogen and oxygen atoms in total. The van der Waals surface area contributed by atoms with E-state index in [2.05, 4.69) is 0 Å². The summed E-state index contributed by atoms with van der Waals surface area (Å²) >= 11 is 0. The zero-order chi connectivity index (χ0) is 16.5. The van der Waals surface area contributed by atoms with E-state index in [9.17, 15) is 22.3 Å². The Bertz CT molecular complexity index is 616. The third-order valence-corrected chi connectivity index (χ3v) is 5.41. The molecule has 0 amide bonds. The summed E-state index contributed by atoms with van der Waals surface area (Å²) < 4.78 is 53.3. The molecule has 0 spiro atoms. The van der Waals surface area contributed by atoms with E-state index < -0.39 is 32.2 Å². The van der Waals surface area contributed by atoms with Gasteiger partial charge < -0.3 is 5.11 Å². The van der Waals surface area contributed by atoms with Gasteiger partial charge in [0.25, 0.3) is 0 Å². The molecule has 1 aliphatic heterocycles. The largest absolute Gasteiger partial charge is 0.389 e. The van der Waals surface area contributed by atoms with Crippen LogP contribution in [0, 0.1) is 11.6 Å². The SMILES string of the molecule is CC(C)(O)CN1CCN(S(=O)(=O)c2c(F)cccc2F)CC1. The molecule has 0 radical (unpaired) electrons. The molecule has 1 aromatic rings. The Morgan fingerprint density at radius 3 is 2.09 bits per heavy atom. The summed E-state index contributed by atoms with van der Waals surface area (Å²) in [6.45, 7) is 4.82. The van der Waals surface area contributed by atoms with Gasteiger partial charge in [-0.25, -0.2) is 17.2 Å². The molecule has 0 saturated carbocycles. The van der Waals surface area contributed by atoms with Crippen LogP contribution in [0.4, 0.5) is 8.78 Å². The lowest BCUT2D eigenvalue weighted by atomic mass is 10.1. The summed E-state index contributed by atoms with van der Waals surface area (Å²) in [6.07, 6.45) is 0. The average molecular weight is 334 g/mol. The van der Waals surface area contributed by atoms with Gasteiger partial charge in [-0.05, 0) is 26.0 Å². The first-order valence-corrected chi connectivity index (χ1v) is 8.44. The lowest BCUT2D eigenvalue weighted by Gasteiger charge is -2.36. The van der Waals surface area contributed by atoms with E-state index in [1.54, 1.807) is 13.8 Å². The van der Waals surface area contributed by atoms with Crippen LogP contribution in [-0.4, -0.2) is 61.1 Å². The monoisotopic (exact) mass is 334 g/mol. The number of halogens is 2. The zero-order valence-electron chi connectivity index (χ0n) is 12.6. The highest BCUT2D eigenvalue weighted by molar-refractivity contribution is 7.89. The quantitative estimate of drug-likeness (QED) is 0.894. The van der Waals surface area contributed by atoms with Crippen molar-refractivity contribution in [1.82, 2.24) is 9.21 Å². The van der Waals surface area contributed by atoms with E-state index in [4.69, 9.17) is 0 Å². The van der Waals surface area contributed by atoms with Crippen LogP contribution in [0.1, 0.15) is 13.8 Å². The fraction of sp³-hybridized carbons (Fsp3) is 0.571. The number of piperazine rings is 1. The van der Waals surface area contributed by atoms with Gasteiger partial charge in [-0.1, -0.05) is 6.07 Å². The van der Waals surface area contributed by atoms with Crippen LogP contribution in [-0.2, 0) is 10.0 Å². The van der Waals surface area contributed by atoms with Gasteiger partial charge >= 0.3 is 0 Å². The van der Waals surface area contributed by atoms with Crippen molar-refractivity contribution in [3.63, 3.8) is 0 Å². The molecule has 1 heterocycles. The van der Waals surface area contributed by atoms with Crippen LogP contribution in [0.15, 0.2) is 23.1 Å². The molecule has 0 aromatic heterocycles.